The molecular weight excluding hydrogens is 362 g/mol. The van der Waals surface area contributed by atoms with Crippen LogP contribution < -0.4 is 5.43 Å². The minimum Gasteiger partial charge on any atom is -0.469 e. The Balaban J connectivity index is 2.08. The SMILES string of the molecule is COC(=O)Cc1c(Cl)[nH]c(/C=C2/C(=O)NN=C2C2(C)CC2)c1C(=O)OC. The molecule has 0 unspecified atom stereocenters. The van der Waals surface area contributed by atoms with E-state index in [1.165, 1.54) is 20.3 Å². The van der Waals surface area contributed by atoms with E-state index in [2.05, 4.69) is 20.2 Å². The number of nitrogens with zero attached hydrogens (tertiary/aromatic N) is 1. The summed E-state index contributed by atoms with van der Waals surface area (Å²) >= 11 is 6.18. The van der Waals surface area contributed by atoms with E-state index >= 15 is 0 Å². The molecule has 26 heavy (non-hydrogen) atoms. The fourth-order valence-corrected chi connectivity index (χ4v) is 3.11. The van der Waals surface area contributed by atoms with Gasteiger partial charge in [-0.1, -0.05) is 18.5 Å². The van der Waals surface area contributed by atoms with E-state index in [4.69, 9.17) is 16.3 Å². The van der Waals surface area contributed by atoms with E-state index in [0.717, 1.165) is 12.8 Å². The number of amides is 1. The minimum atomic E-state index is -0.673. The molecule has 1 aromatic heterocycles. The number of aromatic nitrogens is 1. The lowest BCUT2D eigenvalue weighted by Crippen LogP contribution is -2.17. The Morgan fingerprint density at radius 3 is 2.58 bits per heavy atom. The van der Waals surface area contributed by atoms with Gasteiger partial charge in [0.1, 0.15) is 5.15 Å². The number of methoxy groups -OCH3 is 2. The van der Waals surface area contributed by atoms with Gasteiger partial charge in [0.25, 0.3) is 5.91 Å². The number of carbonyl (C=O) groups is 3. The van der Waals surface area contributed by atoms with E-state index in [1.54, 1.807) is 0 Å². The molecule has 1 aliphatic carbocycles. The molecule has 2 aliphatic rings. The Bertz CT molecular complexity index is 864. The van der Waals surface area contributed by atoms with E-state index in [9.17, 15) is 14.4 Å². The molecular formula is C17H18ClN3O5. The molecule has 0 atom stereocenters. The second kappa shape index (κ2) is 6.60. The van der Waals surface area contributed by atoms with Crippen LogP contribution in [0.3, 0.4) is 0 Å². The van der Waals surface area contributed by atoms with Crippen LogP contribution in [0.5, 0.6) is 0 Å². The Hall–Kier alpha value is -2.61. The highest BCUT2D eigenvalue weighted by atomic mass is 35.5. The third-order valence-electron chi connectivity index (χ3n) is 4.65. The van der Waals surface area contributed by atoms with Crippen molar-refractivity contribution >= 4 is 41.2 Å². The van der Waals surface area contributed by atoms with Crippen molar-refractivity contribution in [2.75, 3.05) is 14.2 Å². The van der Waals surface area contributed by atoms with Crippen LogP contribution in [0.2, 0.25) is 5.15 Å². The maximum Gasteiger partial charge on any atom is 0.340 e. The van der Waals surface area contributed by atoms with Gasteiger partial charge < -0.3 is 14.5 Å². The van der Waals surface area contributed by atoms with Gasteiger partial charge in [0.2, 0.25) is 0 Å². The minimum absolute atomic E-state index is 0.0930. The molecule has 1 aromatic rings. The van der Waals surface area contributed by atoms with E-state index in [1.807, 2.05) is 6.92 Å². The predicted octanol–water partition coefficient (Wildman–Crippen LogP) is 1.84. The highest BCUT2D eigenvalue weighted by molar-refractivity contribution is 6.32. The molecule has 0 aromatic carbocycles. The van der Waals surface area contributed by atoms with Crippen LogP contribution in [0.4, 0.5) is 0 Å². The van der Waals surface area contributed by atoms with Crippen LogP contribution in [-0.2, 0) is 25.5 Å². The van der Waals surface area contributed by atoms with Gasteiger partial charge in [0, 0.05) is 11.0 Å². The molecule has 2 heterocycles. The van der Waals surface area contributed by atoms with Crippen molar-refractivity contribution in [3.05, 3.63) is 27.5 Å². The average molecular weight is 380 g/mol. The lowest BCUT2D eigenvalue weighted by molar-refractivity contribution is -0.139. The number of nitrogens with one attached hydrogen (secondary N) is 2. The molecule has 1 saturated carbocycles. The summed E-state index contributed by atoms with van der Waals surface area (Å²) in [4.78, 5) is 39.0. The molecule has 1 fully saturated rings. The average Bonchev–Trinajstić information content (AvgIpc) is 3.14. The van der Waals surface area contributed by atoms with Gasteiger partial charge in [-0.05, 0) is 18.9 Å². The molecule has 1 aliphatic heterocycles. The quantitative estimate of drug-likeness (QED) is 0.599. The standard InChI is InChI=1S/C17H18ClN3O5/c1-17(4-5-17)13-9(15(23)21-20-13)6-10-12(16(24)26-3)8(14(18)19-10)7-11(22)25-2/h6,19H,4-5,7H2,1-3H3,(H,21,23)/b9-6+. The fraction of sp³-hybridized carbons (Fsp3) is 0.412. The Labute approximate surface area is 154 Å². The van der Waals surface area contributed by atoms with Crippen LogP contribution in [0, 0.1) is 5.41 Å². The monoisotopic (exact) mass is 379 g/mol. The topological polar surface area (TPSA) is 110 Å². The largest absolute Gasteiger partial charge is 0.469 e. The Morgan fingerprint density at radius 1 is 1.31 bits per heavy atom. The lowest BCUT2D eigenvalue weighted by Gasteiger charge is -2.08. The Kier molecular flexibility index (Phi) is 4.62. The fourth-order valence-electron chi connectivity index (χ4n) is 2.85. The first-order chi connectivity index (χ1) is 12.3. The molecule has 0 bridgehead atoms. The molecule has 0 saturated heterocycles. The van der Waals surface area contributed by atoms with Crippen LogP contribution >= 0.6 is 11.6 Å². The van der Waals surface area contributed by atoms with Crippen molar-refractivity contribution < 1.29 is 23.9 Å². The van der Waals surface area contributed by atoms with Crippen LogP contribution in [0.15, 0.2) is 10.7 Å². The first kappa shape index (κ1) is 18.2. The first-order valence-electron chi connectivity index (χ1n) is 7.96. The molecule has 138 valence electrons. The van der Waals surface area contributed by atoms with Crippen molar-refractivity contribution in [3.63, 3.8) is 0 Å². The van der Waals surface area contributed by atoms with E-state index < -0.39 is 11.9 Å². The zero-order chi connectivity index (χ0) is 19.1. The third kappa shape index (κ3) is 3.12. The predicted molar refractivity (Wildman–Crippen MR) is 93.8 cm³/mol. The molecule has 0 radical (unpaired) electrons. The zero-order valence-electron chi connectivity index (χ0n) is 14.6. The number of hydrogen-bond donors (Lipinski definition) is 2. The normalized spacial score (nSPS) is 19.2. The summed E-state index contributed by atoms with van der Waals surface area (Å²) in [5.41, 5.74) is 3.95. The summed E-state index contributed by atoms with van der Waals surface area (Å²) in [6.07, 6.45) is 3.18. The van der Waals surface area contributed by atoms with Crippen LogP contribution in [0.1, 0.15) is 41.4 Å². The maximum absolute atomic E-state index is 12.3. The summed E-state index contributed by atoms with van der Waals surface area (Å²) in [5, 5.41) is 4.23. The summed E-state index contributed by atoms with van der Waals surface area (Å²) in [7, 11) is 2.47. The number of esters is 2. The van der Waals surface area contributed by atoms with Crippen molar-refractivity contribution in [2.24, 2.45) is 10.5 Å². The van der Waals surface area contributed by atoms with Gasteiger partial charge in [0.05, 0.1) is 43.2 Å². The summed E-state index contributed by atoms with van der Waals surface area (Å²) < 4.78 is 9.46. The Morgan fingerprint density at radius 2 is 2.00 bits per heavy atom. The lowest BCUT2D eigenvalue weighted by atomic mass is 9.94. The maximum atomic E-state index is 12.3. The number of halogens is 1. The number of hydrazone groups is 1. The van der Waals surface area contributed by atoms with E-state index in [-0.39, 0.29) is 39.7 Å². The van der Waals surface area contributed by atoms with Gasteiger partial charge in [-0.25, -0.2) is 10.2 Å². The van der Waals surface area contributed by atoms with E-state index in [0.29, 0.717) is 11.3 Å². The molecule has 2 N–H and O–H groups in total. The second-order valence-corrected chi connectivity index (χ2v) is 6.85. The van der Waals surface area contributed by atoms with Gasteiger partial charge >= 0.3 is 11.9 Å². The molecule has 0 spiro atoms. The van der Waals surface area contributed by atoms with Crippen LogP contribution in [0.25, 0.3) is 6.08 Å². The molecule has 3 rings (SSSR count). The molecule has 1 amide bonds. The highest BCUT2D eigenvalue weighted by Crippen LogP contribution is 2.49. The number of rotatable bonds is 5. The van der Waals surface area contributed by atoms with Crippen molar-refractivity contribution in [3.8, 4) is 0 Å². The molecule has 9 heteroatoms. The van der Waals surface area contributed by atoms with Crippen molar-refractivity contribution in [1.82, 2.24) is 10.4 Å². The van der Waals surface area contributed by atoms with Gasteiger partial charge in [0.15, 0.2) is 0 Å². The first-order valence-corrected chi connectivity index (χ1v) is 8.34. The van der Waals surface area contributed by atoms with Crippen LogP contribution in [-0.4, -0.2) is 42.8 Å². The van der Waals surface area contributed by atoms with Gasteiger partial charge in [-0.15, -0.1) is 0 Å². The van der Waals surface area contributed by atoms with Gasteiger partial charge in [-0.3, -0.25) is 9.59 Å². The van der Waals surface area contributed by atoms with Crippen molar-refractivity contribution in [1.29, 1.82) is 0 Å². The van der Waals surface area contributed by atoms with Gasteiger partial charge in [-0.2, -0.15) is 5.10 Å². The number of H-pyrrole nitrogens is 1. The number of carbonyl (C=O) groups excluding carboxylic acids is 3. The third-order valence-corrected chi connectivity index (χ3v) is 4.97. The molecule has 8 nitrogen and oxygen atoms in total. The number of hydrogen-bond acceptors (Lipinski definition) is 6. The highest BCUT2D eigenvalue weighted by Gasteiger charge is 2.47. The number of ether oxygens (including phenoxy) is 2. The zero-order valence-corrected chi connectivity index (χ0v) is 15.3. The summed E-state index contributed by atoms with van der Waals surface area (Å²) in [5.74, 6) is -1.58. The van der Waals surface area contributed by atoms with Crippen molar-refractivity contribution in [2.45, 2.75) is 26.2 Å². The summed E-state index contributed by atoms with van der Waals surface area (Å²) in [6.45, 7) is 2.02. The smallest absolute Gasteiger partial charge is 0.340 e. The second-order valence-electron chi connectivity index (χ2n) is 6.47. The summed E-state index contributed by atoms with van der Waals surface area (Å²) in [6, 6.07) is 0. The number of aromatic amines is 1.